The van der Waals surface area contributed by atoms with E-state index in [0.717, 1.165) is 12.0 Å². The standard InChI is InChI=1S/C17H26N2/c1-12-4-5-16(13(2)10-12)14(3)18-17-7-9-19-8-6-15(17)11-19/h4-5,10,14-15,17-18H,6-9,11H2,1-3H3. The monoisotopic (exact) mass is 258 g/mol. The maximum Gasteiger partial charge on any atom is 0.0297 e. The summed E-state index contributed by atoms with van der Waals surface area (Å²) in [5.74, 6) is 0.877. The van der Waals surface area contributed by atoms with Crippen molar-refractivity contribution in [3.8, 4) is 0 Å². The third-order valence-electron chi connectivity index (χ3n) is 4.99. The summed E-state index contributed by atoms with van der Waals surface area (Å²) in [5.41, 5.74) is 4.24. The predicted octanol–water partition coefficient (Wildman–Crippen LogP) is 3.05. The van der Waals surface area contributed by atoms with Crippen molar-refractivity contribution in [2.75, 3.05) is 19.6 Å². The first-order chi connectivity index (χ1) is 9.13. The molecule has 104 valence electrons. The van der Waals surface area contributed by atoms with Gasteiger partial charge in [0.05, 0.1) is 0 Å². The van der Waals surface area contributed by atoms with Gasteiger partial charge < -0.3 is 10.2 Å². The van der Waals surface area contributed by atoms with Crippen LogP contribution < -0.4 is 5.32 Å². The molecule has 2 saturated heterocycles. The average molecular weight is 258 g/mol. The summed E-state index contributed by atoms with van der Waals surface area (Å²) >= 11 is 0. The summed E-state index contributed by atoms with van der Waals surface area (Å²) < 4.78 is 0. The Labute approximate surface area is 117 Å². The molecule has 1 N–H and O–H groups in total. The third kappa shape index (κ3) is 2.70. The van der Waals surface area contributed by atoms with Crippen molar-refractivity contribution in [3.05, 3.63) is 34.9 Å². The summed E-state index contributed by atoms with van der Waals surface area (Å²) in [5, 5.41) is 3.90. The Morgan fingerprint density at radius 2 is 2.00 bits per heavy atom. The molecule has 0 aromatic heterocycles. The van der Waals surface area contributed by atoms with Crippen LogP contribution in [0.1, 0.15) is 42.5 Å². The zero-order chi connectivity index (χ0) is 13.4. The van der Waals surface area contributed by atoms with Gasteiger partial charge in [0.15, 0.2) is 0 Å². The predicted molar refractivity (Wildman–Crippen MR) is 80.4 cm³/mol. The van der Waals surface area contributed by atoms with Crippen LogP contribution in [0.25, 0.3) is 0 Å². The van der Waals surface area contributed by atoms with Crippen molar-refractivity contribution in [3.63, 3.8) is 0 Å². The van der Waals surface area contributed by atoms with Gasteiger partial charge in [0.25, 0.3) is 0 Å². The molecule has 0 saturated carbocycles. The van der Waals surface area contributed by atoms with Crippen LogP contribution in [-0.4, -0.2) is 30.6 Å². The van der Waals surface area contributed by atoms with Crippen LogP contribution in [0.15, 0.2) is 18.2 Å². The smallest absolute Gasteiger partial charge is 0.0297 e. The van der Waals surface area contributed by atoms with Gasteiger partial charge in [-0.3, -0.25) is 0 Å². The molecule has 3 rings (SSSR count). The Bertz CT molecular complexity index is 455. The van der Waals surface area contributed by atoms with Crippen molar-refractivity contribution in [1.29, 1.82) is 0 Å². The maximum atomic E-state index is 3.90. The molecule has 1 aromatic rings. The van der Waals surface area contributed by atoms with Gasteiger partial charge in [0.1, 0.15) is 0 Å². The Morgan fingerprint density at radius 3 is 2.79 bits per heavy atom. The van der Waals surface area contributed by atoms with Gasteiger partial charge in [0, 0.05) is 18.6 Å². The van der Waals surface area contributed by atoms with Crippen molar-refractivity contribution < 1.29 is 0 Å². The SMILES string of the molecule is Cc1ccc(C(C)NC2CCN3CCC2C3)c(C)c1. The molecule has 0 amide bonds. The van der Waals surface area contributed by atoms with Gasteiger partial charge >= 0.3 is 0 Å². The molecule has 2 heteroatoms. The topological polar surface area (TPSA) is 15.3 Å². The third-order valence-corrected chi connectivity index (χ3v) is 4.99. The molecule has 4 unspecified atom stereocenters. The van der Waals surface area contributed by atoms with Crippen LogP contribution in [0.3, 0.4) is 0 Å². The number of benzene rings is 1. The molecule has 19 heavy (non-hydrogen) atoms. The van der Waals surface area contributed by atoms with Crippen LogP contribution >= 0.6 is 0 Å². The van der Waals surface area contributed by atoms with Crippen molar-refractivity contribution in [1.82, 2.24) is 10.2 Å². The number of fused-ring (bicyclic) bond motifs is 2. The quantitative estimate of drug-likeness (QED) is 0.896. The lowest BCUT2D eigenvalue weighted by Gasteiger charge is -2.33. The maximum absolute atomic E-state index is 3.90. The summed E-state index contributed by atoms with van der Waals surface area (Å²) in [6.45, 7) is 10.6. The normalized spacial score (nSPS) is 31.4. The number of rotatable bonds is 3. The Morgan fingerprint density at radius 1 is 1.21 bits per heavy atom. The lowest BCUT2D eigenvalue weighted by atomic mass is 9.92. The minimum Gasteiger partial charge on any atom is -0.307 e. The van der Waals surface area contributed by atoms with Crippen LogP contribution in [0.4, 0.5) is 0 Å². The Balaban J connectivity index is 1.68. The molecule has 4 atom stereocenters. The van der Waals surface area contributed by atoms with Crippen LogP contribution in [0, 0.1) is 19.8 Å². The van der Waals surface area contributed by atoms with Gasteiger partial charge in [-0.1, -0.05) is 23.8 Å². The van der Waals surface area contributed by atoms with Crippen LogP contribution in [0.2, 0.25) is 0 Å². The number of piperidine rings is 1. The molecule has 2 nitrogen and oxygen atoms in total. The molecule has 2 aliphatic rings. The second kappa shape index (κ2) is 5.26. The van der Waals surface area contributed by atoms with E-state index in [9.17, 15) is 0 Å². The van der Waals surface area contributed by atoms with Gasteiger partial charge in [-0.25, -0.2) is 0 Å². The molecule has 2 bridgehead atoms. The first kappa shape index (κ1) is 13.1. The number of nitrogens with zero attached hydrogens (tertiary/aromatic N) is 1. The van der Waals surface area contributed by atoms with E-state index in [2.05, 4.69) is 49.2 Å². The molecular formula is C17H26N2. The fraction of sp³-hybridized carbons (Fsp3) is 0.647. The summed E-state index contributed by atoms with van der Waals surface area (Å²) in [6.07, 6.45) is 2.71. The molecule has 2 aliphatic heterocycles. The van der Waals surface area contributed by atoms with Crippen molar-refractivity contribution in [2.45, 2.75) is 45.7 Å². The van der Waals surface area contributed by atoms with E-state index in [-0.39, 0.29) is 0 Å². The average Bonchev–Trinajstić information content (AvgIpc) is 2.75. The molecule has 0 spiro atoms. The lowest BCUT2D eigenvalue weighted by Crippen LogP contribution is -2.44. The molecular weight excluding hydrogens is 232 g/mol. The van der Waals surface area contributed by atoms with Crippen molar-refractivity contribution in [2.24, 2.45) is 5.92 Å². The highest BCUT2D eigenvalue weighted by Gasteiger charge is 2.34. The summed E-state index contributed by atoms with van der Waals surface area (Å²) in [4.78, 5) is 2.62. The molecule has 0 radical (unpaired) electrons. The van der Waals surface area contributed by atoms with E-state index in [1.54, 1.807) is 0 Å². The highest BCUT2D eigenvalue weighted by molar-refractivity contribution is 5.32. The molecule has 0 aliphatic carbocycles. The first-order valence-corrected chi connectivity index (χ1v) is 7.69. The van der Waals surface area contributed by atoms with Gasteiger partial charge in [0.2, 0.25) is 0 Å². The Hall–Kier alpha value is -0.860. The fourth-order valence-corrected chi connectivity index (χ4v) is 3.89. The molecule has 1 aromatic carbocycles. The van der Waals surface area contributed by atoms with Gasteiger partial charge in [-0.05, 0) is 63.7 Å². The lowest BCUT2D eigenvalue weighted by molar-refractivity contribution is 0.212. The first-order valence-electron chi connectivity index (χ1n) is 7.69. The number of aryl methyl sites for hydroxylation is 2. The fourth-order valence-electron chi connectivity index (χ4n) is 3.89. The minimum absolute atomic E-state index is 0.470. The van der Waals surface area contributed by atoms with E-state index < -0.39 is 0 Å². The highest BCUT2D eigenvalue weighted by atomic mass is 15.2. The minimum atomic E-state index is 0.470. The van der Waals surface area contributed by atoms with E-state index in [0.29, 0.717) is 6.04 Å². The van der Waals surface area contributed by atoms with Gasteiger partial charge in [-0.2, -0.15) is 0 Å². The molecule has 2 fully saturated rings. The van der Waals surface area contributed by atoms with E-state index in [1.807, 2.05) is 0 Å². The van der Waals surface area contributed by atoms with Crippen molar-refractivity contribution >= 4 is 0 Å². The summed E-state index contributed by atoms with van der Waals surface area (Å²) in [6, 6.07) is 8.02. The zero-order valence-corrected chi connectivity index (χ0v) is 12.4. The Kier molecular flexibility index (Phi) is 3.64. The van der Waals surface area contributed by atoms with Gasteiger partial charge in [-0.15, -0.1) is 0 Å². The number of hydrogen-bond acceptors (Lipinski definition) is 2. The number of nitrogens with one attached hydrogen (secondary N) is 1. The second-order valence-electron chi connectivity index (χ2n) is 6.49. The zero-order valence-electron chi connectivity index (χ0n) is 12.4. The number of hydrogen-bond donors (Lipinski definition) is 1. The second-order valence-corrected chi connectivity index (χ2v) is 6.49. The van der Waals surface area contributed by atoms with Crippen LogP contribution in [-0.2, 0) is 0 Å². The molecule has 2 heterocycles. The van der Waals surface area contributed by atoms with E-state index in [4.69, 9.17) is 0 Å². The van der Waals surface area contributed by atoms with E-state index >= 15 is 0 Å². The highest BCUT2D eigenvalue weighted by Crippen LogP contribution is 2.29. The van der Waals surface area contributed by atoms with Crippen LogP contribution in [0.5, 0.6) is 0 Å². The van der Waals surface area contributed by atoms with E-state index in [1.165, 1.54) is 49.2 Å². The summed E-state index contributed by atoms with van der Waals surface area (Å²) in [7, 11) is 0. The largest absolute Gasteiger partial charge is 0.307 e.